The van der Waals surface area contributed by atoms with Crippen LogP contribution in [0.1, 0.15) is 0 Å². The van der Waals surface area contributed by atoms with Crippen LogP contribution in [0.5, 0.6) is 0 Å². The Bertz CT molecular complexity index is 2550. The van der Waals surface area contributed by atoms with Crippen molar-refractivity contribution in [2.75, 3.05) is 0 Å². The van der Waals surface area contributed by atoms with Gasteiger partial charge in [-0.2, -0.15) is 0 Å². The summed E-state index contributed by atoms with van der Waals surface area (Å²) in [5.41, 5.74) is 11.1. The molecular formula is C44H29N3. The average Bonchev–Trinajstić information content (AvgIpc) is 3.51. The van der Waals surface area contributed by atoms with Gasteiger partial charge in [-0.25, -0.2) is 4.98 Å². The molecule has 0 saturated carbocycles. The van der Waals surface area contributed by atoms with E-state index in [-0.39, 0.29) is 0 Å². The Morgan fingerprint density at radius 2 is 1.11 bits per heavy atom. The SMILES string of the molecule is c1ccc(-c2c(-c3ccccc3)n(-c3ccc4ccccc4c3)c3c2ccc2c(-c4cccc(-c5ccncc5)n4)cccc23)cc1. The minimum atomic E-state index is 0.931. The van der Waals surface area contributed by atoms with Crippen molar-refractivity contribution < 1.29 is 0 Å². The molecule has 0 amide bonds. The third-order valence-electron chi connectivity index (χ3n) is 9.09. The van der Waals surface area contributed by atoms with Gasteiger partial charge in [-0.1, -0.05) is 127 Å². The standard InChI is InChI=1S/C44H29N3/c1-3-12-32(13-4-1)42-39-24-23-36-37(41-20-10-19-40(46-41)31-25-27-45-28-26-31)17-9-18-38(36)44(39)47(43(42)33-14-5-2-6-15-33)35-22-21-30-11-7-8-16-34(30)29-35/h1-29H. The molecule has 3 heteroatoms. The van der Waals surface area contributed by atoms with Crippen LogP contribution in [-0.2, 0) is 0 Å². The summed E-state index contributed by atoms with van der Waals surface area (Å²) in [5, 5.41) is 6.00. The van der Waals surface area contributed by atoms with Gasteiger partial charge in [0.15, 0.2) is 0 Å². The zero-order valence-corrected chi connectivity index (χ0v) is 25.6. The fourth-order valence-electron chi connectivity index (χ4n) is 6.97. The molecule has 9 aromatic rings. The minimum Gasteiger partial charge on any atom is -0.308 e. The largest absolute Gasteiger partial charge is 0.308 e. The highest BCUT2D eigenvalue weighted by Crippen LogP contribution is 2.46. The molecule has 0 atom stereocenters. The summed E-state index contributed by atoms with van der Waals surface area (Å²) >= 11 is 0. The summed E-state index contributed by atoms with van der Waals surface area (Å²) in [4.78, 5) is 9.34. The molecule has 0 spiro atoms. The first-order chi connectivity index (χ1) is 23.3. The lowest BCUT2D eigenvalue weighted by Crippen LogP contribution is -1.98. The number of pyridine rings is 2. The van der Waals surface area contributed by atoms with E-state index in [1.807, 2.05) is 24.5 Å². The van der Waals surface area contributed by atoms with Crippen molar-refractivity contribution in [3.05, 3.63) is 176 Å². The maximum atomic E-state index is 5.14. The van der Waals surface area contributed by atoms with Crippen molar-refractivity contribution in [3.8, 4) is 50.6 Å². The minimum absolute atomic E-state index is 0.931. The van der Waals surface area contributed by atoms with Crippen LogP contribution in [0.25, 0.3) is 83.0 Å². The van der Waals surface area contributed by atoms with E-state index in [9.17, 15) is 0 Å². The molecule has 3 nitrogen and oxygen atoms in total. The molecule has 0 aliphatic heterocycles. The molecule has 3 heterocycles. The quantitative estimate of drug-likeness (QED) is 0.197. The molecule has 9 rings (SSSR count). The predicted molar refractivity (Wildman–Crippen MR) is 196 cm³/mol. The Hall–Kier alpha value is -6.32. The van der Waals surface area contributed by atoms with Gasteiger partial charge in [0.2, 0.25) is 0 Å². The van der Waals surface area contributed by atoms with Crippen molar-refractivity contribution in [3.63, 3.8) is 0 Å². The zero-order chi connectivity index (χ0) is 31.2. The fourth-order valence-corrected chi connectivity index (χ4v) is 6.97. The third kappa shape index (κ3) is 4.60. The second-order valence-corrected chi connectivity index (χ2v) is 11.8. The molecule has 0 aliphatic carbocycles. The number of rotatable bonds is 5. The van der Waals surface area contributed by atoms with Crippen molar-refractivity contribution in [1.29, 1.82) is 0 Å². The molecular weight excluding hydrogens is 571 g/mol. The van der Waals surface area contributed by atoms with Gasteiger partial charge < -0.3 is 4.57 Å². The molecule has 6 aromatic carbocycles. The van der Waals surface area contributed by atoms with Crippen LogP contribution >= 0.6 is 0 Å². The van der Waals surface area contributed by atoms with Crippen molar-refractivity contribution in [1.82, 2.24) is 14.5 Å². The van der Waals surface area contributed by atoms with Crippen LogP contribution in [0.3, 0.4) is 0 Å². The Labute approximate surface area is 273 Å². The van der Waals surface area contributed by atoms with Crippen molar-refractivity contribution >= 4 is 32.4 Å². The Morgan fingerprint density at radius 3 is 1.91 bits per heavy atom. The van der Waals surface area contributed by atoms with Gasteiger partial charge in [0.05, 0.1) is 22.6 Å². The Morgan fingerprint density at radius 1 is 0.426 bits per heavy atom. The lowest BCUT2D eigenvalue weighted by molar-refractivity contribution is 1.14. The molecule has 0 N–H and O–H groups in total. The molecule has 0 unspecified atom stereocenters. The fraction of sp³-hybridized carbons (Fsp3) is 0. The molecule has 220 valence electrons. The van der Waals surface area contributed by atoms with E-state index in [0.29, 0.717) is 0 Å². The van der Waals surface area contributed by atoms with E-state index in [0.717, 1.165) is 33.6 Å². The lowest BCUT2D eigenvalue weighted by Gasteiger charge is -2.15. The number of benzene rings is 6. The van der Waals surface area contributed by atoms with Crippen molar-refractivity contribution in [2.45, 2.75) is 0 Å². The number of aromatic nitrogens is 3. The number of hydrogen-bond acceptors (Lipinski definition) is 2. The summed E-state index contributed by atoms with van der Waals surface area (Å²) < 4.78 is 2.48. The van der Waals surface area contributed by atoms with Gasteiger partial charge >= 0.3 is 0 Å². The van der Waals surface area contributed by atoms with Gasteiger partial charge in [0.1, 0.15) is 0 Å². The summed E-state index contributed by atoms with van der Waals surface area (Å²) in [5.74, 6) is 0. The molecule has 0 fully saturated rings. The first-order valence-corrected chi connectivity index (χ1v) is 15.9. The number of nitrogens with zero attached hydrogens (tertiary/aromatic N) is 3. The van der Waals surface area contributed by atoms with E-state index < -0.39 is 0 Å². The second-order valence-electron chi connectivity index (χ2n) is 11.8. The normalized spacial score (nSPS) is 11.4. The van der Waals surface area contributed by atoms with Crippen LogP contribution in [0.15, 0.2) is 176 Å². The maximum absolute atomic E-state index is 5.14. The van der Waals surface area contributed by atoms with E-state index in [2.05, 4.69) is 161 Å². The molecule has 0 aliphatic rings. The molecule has 0 bridgehead atoms. The monoisotopic (exact) mass is 599 g/mol. The van der Waals surface area contributed by atoms with E-state index in [1.165, 1.54) is 49.4 Å². The molecule has 3 aromatic heterocycles. The van der Waals surface area contributed by atoms with Gasteiger partial charge in [0.25, 0.3) is 0 Å². The van der Waals surface area contributed by atoms with E-state index in [4.69, 9.17) is 4.98 Å². The highest BCUT2D eigenvalue weighted by atomic mass is 15.0. The maximum Gasteiger partial charge on any atom is 0.0715 e. The topological polar surface area (TPSA) is 30.7 Å². The van der Waals surface area contributed by atoms with E-state index >= 15 is 0 Å². The Kier molecular flexibility index (Phi) is 6.46. The Balaban J connectivity index is 1.40. The lowest BCUT2D eigenvalue weighted by atomic mass is 9.95. The third-order valence-corrected chi connectivity index (χ3v) is 9.09. The molecule has 0 saturated heterocycles. The van der Waals surface area contributed by atoms with Gasteiger partial charge in [-0.3, -0.25) is 4.98 Å². The van der Waals surface area contributed by atoms with E-state index in [1.54, 1.807) is 0 Å². The van der Waals surface area contributed by atoms with Gasteiger partial charge in [-0.15, -0.1) is 0 Å². The van der Waals surface area contributed by atoms with Crippen LogP contribution in [0, 0.1) is 0 Å². The van der Waals surface area contributed by atoms with Crippen LogP contribution in [0.4, 0.5) is 0 Å². The number of fused-ring (bicyclic) bond motifs is 4. The summed E-state index contributed by atoms with van der Waals surface area (Å²) in [6.45, 7) is 0. The highest BCUT2D eigenvalue weighted by molar-refractivity contribution is 6.18. The van der Waals surface area contributed by atoms with Crippen LogP contribution in [-0.4, -0.2) is 14.5 Å². The summed E-state index contributed by atoms with van der Waals surface area (Å²) in [6.07, 6.45) is 3.63. The summed E-state index contributed by atoms with van der Waals surface area (Å²) in [7, 11) is 0. The smallest absolute Gasteiger partial charge is 0.0715 e. The van der Waals surface area contributed by atoms with Crippen LogP contribution in [0.2, 0.25) is 0 Å². The second kappa shape index (κ2) is 11.2. The predicted octanol–water partition coefficient (Wildman–Crippen LogP) is 11.4. The zero-order valence-electron chi connectivity index (χ0n) is 25.6. The summed E-state index contributed by atoms with van der Waals surface area (Å²) in [6, 6.07) is 58.4. The first-order valence-electron chi connectivity index (χ1n) is 15.9. The molecule has 0 radical (unpaired) electrons. The highest BCUT2D eigenvalue weighted by Gasteiger charge is 2.23. The van der Waals surface area contributed by atoms with Gasteiger partial charge in [-0.05, 0) is 63.7 Å². The number of hydrogen-bond donors (Lipinski definition) is 0. The van der Waals surface area contributed by atoms with Gasteiger partial charge in [0, 0.05) is 45.5 Å². The average molecular weight is 600 g/mol. The molecule has 47 heavy (non-hydrogen) atoms. The first kappa shape index (κ1) is 27.0. The van der Waals surface area contributed by atoms with Crippen LogP contribution < -0.4 is 0 Å². The van der Waals surface area contributed by atoms with Crippen molar-refractivity contribution in [2.24, 2.45) is 0 Å².